The summed E-state index contributed by atoms with van der Waals surface area (Å²) in [5.74, 6) is 1.91. The molecule has 1 heterocycles. The first kappa shape index (κ1) is 17.9. The molecule has 2 N–H and O–H groups in total. The third kappa shape index (κ3) is 4.82. The Morgan fingerprint density at radius 3 is 2.42 bits per heavy atom. The predicted molar refractivity (Wildman–Crippen MR) is 109 cm³/mol. The monoisotopic (exact) mass is 346 g/mol. The smallest absolute Gasteiger partial charge is 0.229 e. The molecule has 26 heavy (non-hydrogen) atoms. The van der Waals surface area contributed by atoms with Crippen molar-refractivity contribution in [2.24, 2.45) is 0 Å². The lowest BCUT2D eigenvalue weighted by Crippen LogP contribution is -2.09. The second-order valence-corrected chi connectivity index (χ2v) is 6.75. The average Bonchev–Trinajstić information content (AvgIpc) is 2.62. The molecular weight excluding hydrogens is 320 g/mol. The first-order valence-electron chi connectivity index (χ1n) is 9.11. The molecule has 0 unspecified atom stereocenters. The minimum absolute atomic E-state index is 0.437. The molecule has 4 heteroatoms. The van der Waals surface area contributed by atoms with Crippen molar-refractivity contribution in [3.8, 4) is 0 Å². The molecule has 0 aliphatic heterocycles. The fourth-order valence-electron chi connectivity index (χ4n) is 2.93. The van der Waals surface area contributed by atoms with Crippen LogP contribution in [0.4, 0.5) is 17.5 Å². The van der Waals surface area contributed by atoms with E-state index in [9.17, 15) is 0 Å². The Morgan fingerprint density at radius 2 is 1.65 bits per heavy atom. The van der Waals surface area contributed by atoms with Gasteiger partial charge in [-0.05, 0) is 36.5 Å². The molecule has 0 aliphatic carbocycles. The van der Waals surface area contributed by atoms with Crippen molar-refractivity contribution in [1.29, 1.82) is 0 Å². The second-order valence-electron chi connectivity index (χ2n) is 6.75. The summed E-state index contributed by atoms with van der Waals surface area (Å²) in [5.41, 5.74) is 4.57. The molecule has 0 aliphatic rings. The lowest BCUT2D eigenvalue weighted by atomic mass is 10.0. The Kier molecular flexibility index (Phi) is 5.84. The van der Waals surface area contributed by atoms with Gasteiger partial charge in [-0.25, -0.2) is 4.98 Å². The van der Waals surface area contributed by atoms with Crippen LogP contribution in [0.15, 0.2) is 60.7 Å². The van der Waals surface area contributed by atoms with Crippen LogP contribution in [0.25, 0.3) is 0 Å². The van der Waals surface area contributed by atoms with Crippen molar-refractivity contribution in [2.75, 3.05) is 17.2 Å². The van der Waals surface area contributed by atoms with Crippen molar-refractivity contribution in [1.82, 2.24) is 9.97 Å². The van der Waals surface area contributed by atoms with E-state index in [1.54, 1.807) is 0 Å². The van der Waals surface area contributed by atoms with Gasteiger partial charge in [0.1, 0.15) is 5.82 Å². The molecule has 3 rings (SSSR count). The van der Waals surface area contributed by atoms with Gasteiger partial charge in [0.25, 0.3) is 0 Å². The molecule has 0 radical (unpaired) electrons. The summed E-state index contributed by atoms with van der Waals surface area (Å²) < 4.78 is 0. The number of anilines is 3. The number of aryl methyl sites for hydroxylation is 1. The highest BCUT2D eigenvalue weighted by Gasteiger charge is 2.08. The molecule has 0 atom stereocenters. The van der Waals surface area contributed by atoms with E-state index in [2.05, 4.69) is 76.9 Å². The predicted octanol–water partition coefficient (Wildman–Crippen LogP) is 5.31. The first-order valence-corrected chi connectivity index (χ1v) is 9.11. The van der Waals surface area contributed by atoms with Crippen LogP contribution < -0.4 is 10.6 Å². The molecule has 0 bridgehead atoms. The highest BCUT2D eigenvalue weighted by atomic mass is 15.1. The minimum atomic E-state index is 0.437. The van der Waals surface area contributed by atoms with E-state index in [0.717, 1.165) is 30.2 Å². The zero-order chi connectivity index (χ0) is 18.4. The molecule has 0 saturated heterocycles. The van der Waals surface area contributed by atoms with E-state index in [1.165, 1.54) is 11.1 Å². The van der Waals surface area contributed by atoms with Gasteiger partial charge in [-0.15, -0.1) is 0 Å². The zero-order valence-electron chi connectivity index (χ0n) is 15.7. The van der Waals surface area contributed by atoms with Gasteiger partial charge in [-0.3, -0.25) is 0 Å². The van der Waals surface area contributed by atoms with Crippen LogP contribution in [0, 0.1) is 6.92 Å². The van der Waals surface area contributed by atoms with E-state index < -0.39 is 0 Å². The number of nitrogens with one attached hydrogen (secondary N) is 2. The van der Waals surface area contributed by atoms with Gasteiger partial charge < -0.3 is 10.6 Å². The van der Waals surface area contributed by atoms with E-state index in [0.29, 0.717) is 11.9 Å². The summed E-state index contributed by atoms with van der Waals surface area (Å²) in [4.78, 5) is 9.16. The number of hydrogen-bond donors (Lipinski definition) is 2. The number of benzene rings is 2. The summed E-state index contributed by atoms with van der Waals surface area (Å²) in [6, 6.07) is 20.7. The van der Waals surface area contributed by atoms with Gasteiger partial charge in [-0.2, -0.15) is 4.98 Å². The van der Waals surface area contributed by atoms with Crippen LogP contribution in [0.1, 0.15) is 36.6 Å². The SMILES string of the molecule is Cc1cc(NCCc2ccccc2)nc(Nc2ccccc2C(C)C)n1. The highest BCUT2D eigenvalue weighted by molar-refractivity contribution is 5.60. The van der Waals surface area contributed by atoms with Gasteiger partial charge in [0, 0.05) is 24.0 Å². The summed E-state index contributed by atoms with van der Waals surface area (Å²) >= 11 is 0. The number of aromatic nitrogens is 2. The quantitative estimate of drug-likeness (QED) is 0.609. The topological polar surface area (TPSA) is 49.8 Å². The van der Waals surface area contributed by atoms with Gasteiger partial charge in [0.2, 0.25) is 5.95 Å². The molecule has 0 spiro atoms. The molecule has 0 saturated carbocycles. The van der Waals surface area contributed by atoms with Crippen LogP contribution in [0.3, 0.4) is 0 Å². The van der Waals surface area contributed by atoms with Crippen molar-refractivity contribution >= 4 is 17.5 Å². The summed E-state index contributed by atoms with van der Waals surface area (Å²) in [6.45, 7) is 7.20. The van der Waals surface area contributed by atoms with Crippen LogP contribution in [0.5, 0.6) is 0 Å². The number of hydrogen-bond acceptors (Lipinski definition) is 4. The first-order chi connectivity index (χ1) is 12.6. The lowest BCUT2D eigenvalue weighted by molar-refractivity contribution is 0.868. The fourth-order valence-corrected chi connectivity index (χ4v) is 2.93. The number of rotatable bonds is 7. The van der Waals surface area contributed by atoms with Crippen LogP contribution in [-0.2, 0) is 6.42 Å². The van der Waals surface area contributed by atoms with E-state index in [4.69, 9.17) is 0 Å². The van der Waals surface area contributed by atoms with Crippen molar-refractivity contribution in [3.05, 3.63) is 77.5 Å². The third-order valence-electron chi connectivity index (χ3n) is 4.25. The molecule has 0 amide bonds. The maximum absolute atomic E-state index is 4.63. The minimum Gasteiger partial charge on any atom is -0.370 e. The normalized spacial score (nSPS) is 10.8. The third-order valence-corrected chi connectivity index (χ3v) is 4.25. The Morgan fingerprint density at radius 1 is 0.923 bits per heavy atom. The standard InChI is InChI=1S/C22H26N4/c1-16(2)19-11-7-8-12-20(19)25-22-24-17(3)15-21(26-22)23-14-13-18-9-5-4-6-10-18/h4-12,15-16H,13-14H2,1-3H3,(H2,23,24,25,26). The Balaban J connectivity index is 1.70. The van der Waals surface area contributed by atoms with Crippen molar-refractivity contribution < 1.29 is 0 Å². The van der Waals surface area contributed by atoms with E-state index >= 15 is 0 Å². The highest BCUT2D eigenvalue weighted by Crippen LogP contribution is 2.26. The molecule has 4 nitrogen and oxygen atoms in total. The number of nitrogens with zero attached hydrogens (tertiary/aromatic N) is 2. The molecule has 3 aromatic rings. The Hall–Kier alpha value is -2.88. The van der Waals surface area contributed by atoms with Gasteiger partial charge in [-0.1, -0.05) is 62.4 Å². The fraction of sp³-hybridized carbons (Fsp3) is 0.273. The largest absolute Gasteiger partial charge is 0.370 e. The summed E-state index contributed by atoms with van der Waals surface area (Å²) in [5, 5.41) is 6.79. The summed E-state index contributed by atoms with van der Waals surface area (Å²) in [6.07, 6.45) is 0.961. The van der Waals surface area contributed by atoms with Crippen molar-refractivity contribution in [2.45, 2.75) is 33.1 Å². The molecular formula is C22H26N4. The molecule has 0 fully saturated rings. The number of para-hydroxylation sites is 1. The van der Waals surface area contributed by atoms with E-state index in [1.807, 2.05) is 25.1 Å². The van der Waals surface area contributed by atoms with Gasteiger partial charge >= 0.3 is 0 Å². The van der Waals surface area contributed by atoms with Gasteiger partial charge in [0.15, 0.2) is 0 Å². The van der Waals surface area contributed by atoms with Crippen LogP contribution in [0.2, 0.25) is 0 Å². The maximum Gasteiger partial charge on any atom is 0.229 e. The molecule has 2 aromatic carbocycles. The molecule has 1 aromatic heterocycles. The van der Waals surface area contributed by atoms with Crippen molar-refractivity contribution in [3.63, 3.8) is 0 Å². The zero-order valence-corrected chi connectivity index (χ0v) is 15.7. The van der Waals surface area contributed by atoms with Crippen LogP contribution in [-0.4, -0.2) is 16.5 Å². The lowest BCUT2D eigenvalue weighted by Gasteiger charge is -2.14. The summed E-state index contributed by atoms with van der Waals surface area (Å²) in [7, 11) is 0. The van der Waals surface area contributed by atoms with E-state index in [-0.39, 0.29) is 0 Å². The van der Waals surface area contributed by atoms with Crippen LogP contribution >= 0.6 is 0 Å². The molecule has 134 valence electrons. The maximum atomic E-state index is 4.63. The van der Waals surface area contributed by atoms with Gasteiger partial charge in [0.05, 0.1) is 0 Å². The Labute approximate surface area is 155 Å². The average molecular weight is 346 g/mol. The Bertz CT molecular complexity index is 844. The second kappa shape index (κ2) is 8.48.